The summed E-state index contributed by atoms with van der Waals surface area (Å²) in [6.45, 7) is 10.4. The molecule has 1 nitrogen and oxygen atoms in total. The molecule has 0 bridgehead atoms. The first-order valence-electron chi connectivity index (χ1n) is 5.36. The molecule has 0 saturated carbocycles. The van der Waals surface area contributed by atoms with Gasteiger partial charge in [0.1, 0.15) is 0 Å². The molecule has 5 heteroatoms. The summed E-state index contributed by atoms with van der Waals surface area (Å²) < 4.78 is 42.5. The fourth-order valence-electron chi connectivity index (χ4n) is 1.09. The van der Waals surface area contributed by atoms with Crippen molar-refractivity contribution in [1.82, 2.24) is 0 Å². The molecular formula is C11H19F3OSi. The fraction of sp³-hybridized carbons (Fsp3) is 0.818. The molecule has 0 aliphatic heterocycles. The van der Waals surface area contributed by atoms with Gasteiger partial charge in [-0.15, -0.1) is 0 Å². The van der Waals surface area contributed by atoms with Crippen LogP contribution in [0, 0.1) is 5.92 Å². The summed E-state index contributed by atoms with van der Waals surface area (Å²) in [6.07, 6.45) is -2.88. The van der Waals surface area contributed by atoms with Crippen molar-refractivity contribution in [2.75, 3.05) is 6.61 Å². The largest absolute Gasteiger partial charge is 0.413 e. The van der Waals surface area contributed by atoms with E-state index >= 15 is 0 Å². The molecule has 0 N–H and O–H groups in total. The van der Waals surface area contributed by atoms with Crippen molar-refractivity contribution in [1.29, 1.82) is 0 Å². The van der Waals surface area contributed by atoms with Gasteiger partial charge in [-0.1, -0.05) is 26.8 Å². The molecule has 1 aliphatic rings. The average Bonchev–Trinajstić information content (AvgIpc) is 2.75. The number of halogens is 3. The Balaban J connectivity index is 2.42. The normalized spacial score (nSPS) is 22.0. The van der Waals surface area contributed by atoms with E-state index in [1.807, 2.05) is 13.1 Å². The van der Waals surface area contributed by atoms with Crippen molar-refractivity contribution in [3.05, 3.63) is 11.6 Å². The molecule has 0 heterocycles. The monoisotopic (exact) mass is 252 g/mol. The Morgan fingerprint density at radius 3 is 2.06 bits per heavy atom. The van der Waals surface area contributed by atoms with Crippen LogP contribution in [0.15, 0.2) is 11.6 Å². The van der Waals surface area contributed by atoms with E-state index in [4.69, 9.17) is 4.43 Å². The van der Waals surface area contributed by atoms with E-state index < -0.39 is 20.4 Å². The Labute approximate surface area is 95.8 Å². The van der Waals surface area contributed by atoms with Gasteiger partial charge in [-0.05, 0) is 23.7 Å². The summed E-state index contributed by atoms with van der Waals surface area (Å²) in [5, 5.41) is 0.0379. The van der Waals surface area contributed by atoms with Crippen LogP contribution in [0.4, 0.5) is 13.2 Å². The number of allylic oxidation sites excluding steroid dienone is 1. The van der Waals surface area contributed by atoms with Gasteiger partial charge in [0.05, 0.1) is 12.5 Å². The Morgan fingerprint density at radius 2 is 1.75 bits per heavy atom. The Morgan fingerprint density at radius 1 is 1.25 bits per heavy atom. The van der Waals surface area contributed by atoms with Crippen LogP contribution in [0.2, 0.25) is 18.1 Å². The number of rotatable bonds is 3. The maximum Gasteiger partial charge on any atom is 0.398 e. The van der Waals surface area contributed by atoms with Crippen LogP contribution in [-0.2, 0) is 4.43 Å². The van der Waals surface area contributed by atoms with Gasteiger partial charge in [0.25, 0.3) is 0 Å². The molecule has 0 spiro atoms. The molecular weight excluding hydrogens is 233 g/mol. The van der Waals surface area contributed by atoms with Gasteiger partial charge in [0.15, 0.2) is 8.32 Å². The molecule has 0 aromatic heterocycles. The van der Waals surface area contributed by atoms with Crippen molar-refractivity contribution in [3.8, 4) is 0 Å². The van der Waals surface area contributed by atoms with Crippen molar-refractivity contribution in [2.24, 2.45) is 5.92 Å². The zero-order valence-corrected chi connectivity index (χ0v) is 11.4. The lowest BCUT2D eigenvalue weighted by atomic mass is 10.2. The molecule has 1 atom stereocenters. The summed E-state index contributed by atoms with van der Waals surface area (Å²) >= 11 is 0. The molecule has 0 amide bonds. The van der Waals surface area contributed by atoms with Crippen LogP contribution in [-0.4, -0.2) is 21.1 Å². The third-order valence-electron chi connectivity index (χ3n) is 3.43. The highest BCUT2D eigenvalue weighted by molar-refractivity contribution is 6.74. The first kappa shape index (κ1) is 13.8. The van der Waals surface area contributed by atoms with Gasteiger partial charge >= 0.3 is 6.18 Å². The van der Waals surface area contributed by atoms with Crippen LogP contribution >= 0.6 is 0 Å². The second-order valence-electron chi connectivity index (χ2n) is 5.81. The van der Waals surface area contributed by atoms with Gasteiger partial charge in [-0.2, -0.15) is 13.2 Å². The minimum Gasteiger partial charge on any atom is -0.413 e. The second kappa shape index (κ2) is 3.87. The number of alkyl halides is 3. The van der Waals surface area contributed by atoms with E-state index in [0.717, 1.165) is 0 Å². The molecule has 16 heavy (non-hydrogen) atoms. The van der Waals surface area contributed by atoms with Crippen LogP contribution in [0.25, 0.3) is 0 Å². The molecule has 94 valence electrons. The van der Waals surface area contributed by atoms with Crippen LogP contribution in [0.5, 0.6) is 0 Å². The van der Waals surface area contributed by atoms with E-state index in [-0.39, 0.29) is 11.6 Å². The highest BCUT2D eigenvalue weighted by Gasteiger charge is 2.49. The first-order chi connectivity index (χ1) is 6.95. The lowest BCUT2D eigenvalue weighted by Crippen LogP contribution is -2.41. The van der Waals surface area contributed by atoms with E-state index in [1.54, 1.807) is 0 Å². The molecule has 1 aliphatic carbocycles. The van der Waals surface area contributed by atoms with Gasteiger partial charge < -0.3 is 4.43 Å². The summed E-state index contributed by atoms with van der Waals surface area (Å²) in [5.74, 6) is -1.32. The fourth-order valence-corrected chi connectivity index (χ4v) is 2.05. The van der Waals surface area contributed by atoms with Crippen LogP contribution < -0.4 is 0 Å². The van der Waals surface area contributed by atoms with Crippen molar-refractivity contribution >= 4 is 8.32 Å². The van der Waals surface area contributed by atoms with E-state index in [9.17, 15) is 13.2 Å². The summed E-state index contributed by atoms with van der Waals surface area (Å²) in [4.78, 5) is 0. The van der Waals surface area contributed by atoms with E-state index in [0.29, 0.717) is 5.57 Å². The maximum atomic E-state index is 12.2. The minimum atomic E-state index is -4.12. The number of hydrogen-bond acceptors (Lipinski definition) is 1. The third kappa shape index (κ3) is 3.10. The molecule has 0 aromatic carbocycles. The second-order valence-corrected chi connectivity index (χ2v) is 10.6. The maximum absolute atomic E-state index is 12.2. The quantitative estimate of drug-likeness (QED) is 0.542. The van der Waals surface area contributed by atoms with Gasteiger partial charge in [-0.25, -0.2) is 0 Å². The van der Waals surface area contributed by atoms with E-state index in [1.165, 1.54) is 6.08 Å². The van der Waals surface area contributed by atoms with Gasteiger partial charge in [0.2, 0.25) is 0 Å². The number of hydrogen-bond donors (Lipinski definition) is 0. The topological polar surface area (TPSA) is 9.23 Å². The highest BCUT2D eigenvalue weighted by Crippen LogP contribution is 2.44. The zero-order valence-electron chi connectivity index (χ0n) is 10.4. The SMILES string of the molecule is CC(C)(C)[Si](C)(C)OCC1=CC1C(F)(F)F. The lowest BCUT2D eigenvalue weighted by Gasteiger charge is -2.36. The lowest BCUT2D eigenvalue weighted by molar-refractivity contribution is -0.142. The van der Waals surface area contributed by atoms with Crippen LogP contribution in [0.1, 0.15) is 20.8 Å². The molecule has 1 rings (SSSR count). The predicted octanol–water partition coefficient (Wildman–Crippen LogP) is 4.13. The molecule has 0 saturated heterocycles. The summed E-state index contributed by atoms with van der Waals surface area (Å²) in [7, 11) is -1.92. The smallest absolute Gasteiger partial charge is 0.398 e. The average molecular weight is 252 g/mol. The van der Waals surface area contributed by atoms with Crippen LogP contribution in [0.3, 0.4) is 0 Å². The van der Waals surface area contributed by atoms with Crippen molar-refractivity contribution < 1.29 is 17.6 Å². The van der Waals surface area contributed by atoms with Gasteiger partial charge in [-0.3, -0.25) is 0 Å². The van der Waals surface area contributed by atoms with E-state index in [2.05, 4.69) is 20.8 Å². The summed E-state index contributed by atoms with van der Waals surface area (Å²) in [6, 6.07) is 0. The zero-order chi connectivity index (χ0) is 12.8. The molecule has 1 unspecified atom stereocenters. The Hall–Kier alpha value is -0.293. The molecule has 0 radical (unpaired) electrons. The standard InChI is InChI=1S/C11H19F3OSi/c1-10(2,3)16(4,5)15-7-8-6-9(8)11(12,13)14/h6,9H,7H2,1-5H3. The first-order valence-corrected chi connectivity index (χ1v) is 8.27. The van der Waals surface area contributed by atoms with Crippen molar-refractivity contribution in [2.45, 2.75) is 45.1 Å². The third-order valence-corrected chi connectivity index (χ3v) is 7.91. The minimum absolute atomic E-state index is 0.0379. The highest BCUT2D eigenvalue weighted by atomic mass is 28.4. The van der Waals surface area contributed by atoms with Crippen molar-refractivity contribution in [3.63, 3.8) is 0 Å². The predicted molar refractivity (Wildman–Crippen MR) is 60.8 cm³/mol. The Kier molecular flexibility index (Phi) is 3.33. The van der Waals surface area contributed by atoms with Gasteiger partial charge in [0, 0.05) is 0 Å². The molecule has 0 fully saturated rings. The summed E-state index contributed by atoms with van der Waals surface area (Å²) in [5.41, 5.74) is 0.386. The molecule has 0 aromatic rings. The Bertz CT molecular complexity index is 299.